The van der Waals surface area contributed by atoms with Gasteiger partial charge in [0.2, 0.25) is 0 Å². The van der Waals surface area contributed by atoms with Gasteiger partial charge in [0.05, 0.1) is 0 Å². The molecule has 2 heterocycles. The summed E-state index contributed by atoms with van der Waals surface area (Å²) in [5.41, 5.74) is 1.18. The molecular weight excluding hydrogens is 377 g/mol. The van der Waals surface area contributed by atoms with Crippen LogP contribution in [0.5, 0.6) is 0 Å². The predicted octanol–water partition coefficient (Wildman–Crippen LogP) is 3.32. The summed E-state index contributed by atoms with van der Waals surface area (Å²) in [6.07, 6.45) is 4.82. The highest BCUT2D eigenvalue weighted by Gasteiger charge is 2.22. The van der Waals surface area contributed by atoms with Gasteiger partial charge in [-0.05, 0) is 61.8 Å². The Hall–Kier alpha value is -1.66. The van der Waals surface area contributed by atoms with Crippen molar-refractivity contribution >= 4 is 5.96 Å². The van der Waals surface area contributed by atoms with Gasteiger partial charge in [0.25, 0.3) is 0 Å². The second kappa shape index (κ2) is 11.7. The highest BCUT2D eigenvalue weighted by Crippen LogP contribution is 2.17. The van der Waals surface area contributed by atoms with Gasteiger partial charge < -0.3 is 15.5 Å². The molecule has 5 nitrogen and oxygen atoms in total. The monoisotopic (exact) mass is 417 g/mol. The number of rotatable bonds is 7. The number of hydrogen-bond acceptors (Lipinski definition) is 3. The number of halogens is 1. The summed E-state index contributed by atoms with van der Waals surface area (Å²) >= 11 is 0. The summed E-state index contributed by atoms with van der Waals surface area (Å²) in [6.45, 7) is 12.3. The van der Waals surface area contributed by atoms with E-state index in [-0.39, 0.29) is 5.82 Å². The van der Waals surface area contributed by atoms with E-state index in [9.17, 15) is 4.39 Å². The number of benzene rings is 1. The molecule has 0 saturated carbocycles. The maximum atomic E-state index is 13.1. The molecular formula is C24H40FN5. The number of piperidine rings is 2. The first-order valence-corrected chi connectivity index (χ1v) is 11.7. The highest BCUT2D eigenvalue weighted by molar-refractivity contribution is 5.79. The lowest BCUT2D eigenvalue weighted by molar-refractivity contribution is 0.159. The van der Waals surface area contributed by atoms with Crippen molar-refractivity contribution in [3.05, 3.63) is 35.6 Å². The Bertz CT molecular complexity index is 652. The van der Waals surface area contributed by atoms with Crippen LogP contribution < -0.4 is 10.6 Å². The first-order valence-electron chi connectivity index (χ1n) is 11.7. The van der Waals surface area contributed by atoms with Crippen molar-refractivity contribution in [2.45, 2.75) is 52.1 Å². The molecule has 1 aromatic carbocycles. The average molecular weight is 418 g/mol. The fourth-order valence-electron chi connectivity index (χ4n) is 4.71. The van der Waals surface area contributed by atoms with Crippen LogP contribution >= 0.6 is 0 Å². The molecule has 0 spiro atoms. The first kappa shape index (κ1) is 23.0. The standard InChI is InChI=1S/C24H40FN5/c1-19(2)16-30-12-4-5-21(18-30)15-27-24(26-3)28-23-10-13-29(14-11-23)17-20-6-8-22(25)9-7-20/h6-9,19,21,23H,4-5,10-18H2,1-3H3,(H2,26,27,28). The van der Waals surface area contributed by atoms with Crippen LogP contribution in [0.4, 0.5) is 4.39 Å². The summed E-state index contributed by atoms with van der Waals surface area (Å²) in [5.74, 6) is 2.21. The normalized spacial score (nSPS) is 22.4. The zero-order valence-electron chi connectivity index (χ0n) is 19.0. The molecule has 1 aromatic rings. The third kappa shape index (κ3) is 7.55. The fraction of sp³-hybridized carbons (Fsp3) is 0.708. The Kier molecular flexibility index (Phi) is 8.94. The van der Waals surface area contributed by atoms with Gasteiger partial charge in [0.1, 0.15) is 5.82 Å². The largest absolute Gasteiger partial charge is 0.356 e. The minimum Gasteiger partial charge on any atom is -0.356 e. The minimum atomic E-state index is -0.165. The van der Waals surface area contributed by atoms with Crippen molar-refractivity contribution < 1.29 is 4.39 Å². The molecule has 0 aromatic heterocycles. The Balaban J connectivity index is 1.36. The molecule has 30 heavy (non-hydrogen) atoms. The summed E-state index contributed by atoms with van der Waals surface area (Å²) < 4.78 is 13.1. The lowest BCUT2D eigenvalue weighted by atomic mass is 9.97. The molecule has 2 fully saturated rings. The van der Waals surface area contributed by atoms with Crippen molar-refractivity contribution in [3.63, 3.8) is 0 Å². The highest BCUT2D eigenvalue weighted by atomic mass is 19.1. The van der Waals surface area contributed by atoms with Gasteiger partial charge in [-0.3, -0.25) is 9.89 Å². The van der Waals surface area contributed by atoms with Gasteiger partial charge >= 0.3 is 0 Å². The van der Waals surface area contributed by atoms with Gasteiger partial charge in [0, 0.05) is 52.4 Å². The Morgan fingerprint density at radius 1 is 1.10 bits per heavy atom. The second-order valence-electron chi connectivity index (χ2n) is 9.44. The fourth-order valence-corrected chi connectivity index (χ4v) is 4.71. The summed E-state index contributed by atoms with van der Waals surface area (Å²) in [7, 11) is 1.87. The van der Waals surface area contributed by atoms with Crippen LogP contribution in [0.2, 0.25) is 0 Å². The summed E-state index contributed by atoms with van der Waals surface area (Å²) in [4.78, 5) is 9.53. The van der Waals surface area contributed by atoms with Crippen molar-refractivity contribution in [2.24, 2.45) is 16.8 Å². The van der Waals surface area contributed by atoms with Gasteiger partial charge in [-0.15, -0.1) is 0 Å². The van der Waals surface area contributed by atoms with Crippen LogP contribution in [0.1, 0.15) is 45.1 Å². The number of guanidine groups is 1. The maximum absolute atomic E-state index is 13.1. The zero-order chi connectivity index (χ0) is 21.3. The van der Waals surface area contributed by atoms with Crippen LogP contribution in [-0.2, 0) is 6.54 Å². The molecule has 2 aliphatic rings. The summed E-state index contributed by atoms with van der Waals surface area (Å²) in [6, 6.07) is 7.34. The van der Waals surface area contributed by atoms with Gasteiger partial charge in [-0.2, -0.15) is 0 Å². The molecule has 3 rings (SSSR count). The number of likely N-dealkylation sites (tertiary alicyclic amines) is 2. The molecule has 1 unspecified atom stereocenters. The molecule has 0 bridgehead atoms. The SMILES string of the molecule is CN=C(NCC1CCCN(CC(C)C)C1)NC1CCN(Cc2ccc(F)cc2)CC1. The van der Waals surface area contributed by atoms with Crippen LogP contribution in [0, 0.1) is 17.7 Å². The molecule has 0 radical (unpaired) electrons. The van der Waals surface area contributed by atoms with E-state index < -0.39 is 0 Å². The molecule has 2 aliphatic heterocycles. The number of hydrogen-bond donors (Lipinski definition) is 2. The lowest BCUT2D eigenvalue weighted by Gasteiger charge is -2.35. The van der Waals surface area contributed by atoms with Gasteiger partial charge in [-0.25, -0.2) is 4.39 Å². The molecule has 168 valence electrons. The van der Waals surface area contributed by atoms with Crippen molar-refractivity contribution in [1.82, 2.24) is 20.4 Å². The van der Waals surface area contributed by atoms with Gasteiger partial charge in [0.15, 0.2) is 5.96 Å². The van der Waals surface area contributed by atoms with E-state index in [4.69, 9.17) is 0 Å². The quantitative estimate of drug-likeness (QED) is 0.528. The van der Waals surface area contributed by atoms with E-state index in [1.54, 1.807) is 12.1 Å². The Morgan fingerprint density at radius 2 is 1.83 bits per heavy atom. The van der Waals surface area contributed by atoms with E-state index in [0.717, 1.165) is 50.9 Å². The lowest BCUT2D eigenvalue weighted by Crippen LogP contribution is -2.50. The first-order chi connectivity index (χ1) is 14.5. The van der Waals surface area contributed by atoms with Crippen LogP contribution in [0.15, 0.2) is 29.3 Å². The number of nitrogens with zero attached hydrogens (tertiary/aromatic N) is 3. The number of nitrogens with one attached hydrogen (secondary N) is 2. The molecule has 0 amide bonds. The average Bonchev–Trinajstić information content (AvgIpc) is 2.74. The smallest absolute Gasteiger partial charge is 0.191 e. The number of aliphatic imine (C=N–C) groups is 1. The van der Waals surface area contributed by atoms with E-state index in [1.807, 2.05) is 19.2 Å². The van der Waals surface area contributed by atoms with E-state index in [1.165, 1.54) is 38.0 Å². The van der Waals surface area contributed by atoms with Crippen LogP contribution in [-0.4, -0.2) is 68.1 Å². The predicted molar refractivity (Wildman–Crippen MR) is 123 cm³/mol. The third-order valence-electron chi connectivity index (χ3n) is 6.26. The maximum Gasteiger partial charge on any atom is 0.191 e. The van der Waals surface area contributed by atoms with Gasteiger partial charge in [-0.1, -0.05) is 26.0 Å². The topological polar surface area (TPSA) is 42.9 Å². The van der Waals surface area contributed by atoms with Crippen molar-refractivity contribution in [3.8, 4) is 0 Å². The van der Waals surface area contributed by atoms with E-state index in [2.05, 4.69) is 39.3 Å². The molecule has 2 saturated heterocycles. The molecule has 6 heteroatoms. The van der Waals surface area contributed by atoms with Crippen LogP contribution in [0.3, 0.4) is 0 Å². The summed E-state index contributed by atoms with van der Waals surface area (Å²) in [5, 5.41) is 7.21. The Labute approximate surface area is 182 Å². The van der Waals surface area contributed by atoms with Crippen LogP contribution in [0.25, 0.3) is 0 Å². The Morgan fingerprint density at radius 3 is 2.50 bits per heavy atom. The third-order valence-corrected chi connectivity index (χ3v) is 6.26. The van der Waals surface area contributed by atoms with Crippen molar-refractivity contribution in [2.75, 3.05) is 46.3 Å². The van der Waals surface area contributed by atoms with Crippen molar-refractivity contribution in [1.29, 1.82) is 0 Å². The van der Waals surface area contributed by atoms with E-state index >= 15 is 0 Å². The minimum absolute atomic E-state index is 0.165. The second-order valence-corrected chi connectivity index (χ2v) is 9.44. The van der Waals surface area contributed by atoms with E-state index in [0.29, 0.717) is 12.0 Å². The molecule has 1 atom stereocenters. The molecule has 0 aliphatic carbocycles. The molecule has 2 N–H and O–H groups in total. The zero-order valence-corrected chi connectivity index (χ0v) is 19.0.